The lowest BCUT2D eigenvalue weighted by molar-refractivity contribution is -0.139. The van der Waals surface area contributed by atoms with E-state index in [-0.39, 0.29) is 29.3 Å². The molecule has 2 heterocycles. The van der Waals surface area contributed by atoms with E-state index in [4.69, 9.17) is 5.73 Å². The van der Waals surface area contributed by atoms with Gasteiger partial charge < -0.3 is 20.6 Å². The number of carbonyl (C=O) groups is 2. The standard InChI is InChI=1S/C21H26FN3O3/c1-11-15(24-9-20(2,23)21(10-24)5-6-21)4-3-12-17(11)25(16-7-14(16)22)8-13(18(12)26)19(27)28/h3-4,13-14,16H,5-10,23H2,1-2H3,(H,27,28)/t13?,14-,16+,20+/m0/s1. The molecular formula is C21H26FN3O3. The zero-order valence-corrected chi connectivity index (χ0v) is 16.2. The maximum atomic E-state index is 13.9. The van der Waals surface area contributed by atoms with Crippen molar-refractivity contribution in [3.05, 3.63) is 23.3 Å². The van der Waals surface area contributed by atoms with Crippen molar-refractivity contribution in [2.75, 3.05) is 29.4 Å². The van der Waals surface area contributed by atoms with Crippen molar-refractivity contribution in [1.82, 2.24) is 0 Å². The smallest absolute Gasteiger partial charge is 0.316 e. The molecule has 7 heteroatoms. The fourth-order valence-electron chi connectivity index (χ4n) is 5.34. The van der Waals surface area contributed by atoms with Gasteiger partial charge in [-0.15, -0.1) is 0 Å². The molecule has 5 rings (SSSR count). The van der Waals surface area contributed by atoms with Gasteiger partial charge in [-0.3, -0.25) is 9.59 Å². The molecule has 1 aromatic rings. The zero-order valence-electron chi connectivity index (χ0n) is 16.2. The largest absolute Gasteiger partial charge is 0.481 e. The van der Waals surface area contributed by atoms with Crippen molar-refractivity contribution in [2.45, 2.75) is 50.9 Å². The number of nitrogens with zero attached hydrogens (tertiary/aromatic N) is 2. The lowest BCUT2D eigenvalue weighted by atomic mass is 9.87. The molecule has 6 nitrogen and oxygen atoms in total. The number of hydrogen-bond acceptors (Lipinski definition) is 5. The minimum absolute atomic E-state index is 0.0368. The Balaban J connectivity index is 1.57. The summed E-state index contributed by atoms with van der Waals surface area (Å²) in [6.45, 7) is 5.74. The van der Waals surface area contributed by atoms with Crippen LogP contribution in [0.1, 0.15) is 42.1 Å². The van der Waals surface area contributed by atoms with Crippen molar-refractivity contribution in [3.8, 4) is 0 Å². The molecule has 4 atom stereocenters. The zero-order chi connectivity index (χ0) is 20.0. The molecule has 1 aromatic carbocycles. The number of benzene rings is 1. The Bertz CT molecular complexity index is 889. The Hall–Kier alpha value is -2.15. The molecule has 1 unspecified atom stereocenters. The lowest BCUT2D eigenvalue weighted by Gasteiger charge is -2.36. The molecule has 0 radical (unpaired) electrons. The summed E-state index contributed by atoms with van der Waals surface area (Å²) in [7, 11) is 0. The summed E-state index contributed by atoms with van der Waals surface area (Å²) in [5.41, 5.74) is 9.55. The van der Waals surface area contributed by atoms with Crippen LogP contribution in [0.25, 0.3) is 0 Å². The first kappa shape index (κ1) is 17.9. The fourth-order valence-corrected chi connectivity index (χ4v) is 5.34. The molecule has 2 saturated carbocycles. The maximum absolute atomic E-state index is 13.9. The van der Waals surface area contributed by atoms with E-state index in [9.17, 15) is 19.1 Å². The Labute approximate surface area is 163 Å². The number of ketones is 1. The number of fused-ring (bicyclic) bond motifs is 1. The molecule has 2 aliphatic heterocycles. The monoisotopic (exact) mass is 387 g/mol. The van der Waals surface area contributed by atoms with E-state index in [1.807, 2.05) is 17.9 Å². The Morgan fingerprint density at radius 1 is 1.32 bits per heavy atom. The topological polar surface area (TPSA) is 86.9 Å². The van der Waals surface area contributed by atoms with Crippen LogP contribution in [0, 0.1) is 18.3 Å². The third-order valence-corrected chi connectivity index (χ3v) is 7.45. The van der Waals surface area contributed by atoms with Crippen molar-refractivity contribution in [1.29, 1.82) is 0 Å². The number of carboxylic acids is 1. The Morgan fingerprint density at radius 3 is 2.54 bits per heavy atom. The SMILES string of the molecule is Cc1c(N2CC3(CC3)[C@](C)(N)C2)ccc2c1N([C@@H]1C[C@@H]1F)CC(C(=O)O)C2=O. The van der Waals surface area contributed by atoms with E-state index in [0.717, 1.165) is 37.2 Å². The van der Waals surface area contributed by atoms with E-state index in [0.29, 0.717) is 17.7 Å². The highest BCUT2D eigenvalue weighted by Crippen LogP contribution is 2.58. The molecule has 28 heavy (non-hydrogen) atoms. The van der Waals surface area contributed by atoms with E-state index in [1.54, 1.807) is 6.07 Å². The number of carbonyl (C=O) groups excluding carboxylic acids is 1. The van der Waals surface area contributed by atoms with Gasteiger partial charge in [-0.2, -0.15) is 0 Å². The van der Waals surface area contributed by atoms with E-state index in [2.05, 4.69) is 11.8 Å². The van der Waals surface area contributed by atoms with Crippen LogP contribution in [0.2, 0.25) is 0 Å². The number of rotatable bonds is 3. The van der Waals surface area contributed by atoms with Crippen LogP contribution >= 0.6 is 0 Å². The maximum Gasteiger partial charge on any atom is 0.316 e. The summed E-state index contributed by atoms with van der Waals surface area (Å²) in [5.74, 6) is -2.67. The number of aliphatic carboxylic acids is 1. The average Bonchev–Trinajstić information content (AvgIpc) is 3.51. The first-order valence-corrected chi connectivity index (χ1v) is 10.0. The highest BCUT2D eigenvalue weighted by Gasteiger charge is 2.60. The number of Topliss-reactive ketones (excluding diaryl/α,β-unsaturated/α-hetero) is 1. The van der Waals surface area contributed by atoms with Gasteiger partial charge in [0, 0.05) is 48.3 Å². The number of alkyl halides is 1. The Morgan fingerprint density at radius 2 is 2.00 bits per heavy atom. The number of carboxylic acid groups (broad SMARTS) is 1. The molecule has 3 N–H and O–H groups in total. The summed E-state index contributed by atoms with van der Waals surface area (Å²) in [4.78, 5) is 28.5. The van der Waals surface area contributed by atoms with Gasteiger partial charge in [0.2, 0.25) is 0 Å². The normalized spacial score (nSPS) is 35.3. The summed E-state index contributed by atoms with van der Waals surface area (Å²) in [5, 5.41) is 9.48. The lowest BCUT2D eigenvalue weighted by Crippen LogP contribution is -2.46. The number of halogens is 1. The fraction of sp³-hybridized carbons (Fsp3) is 0.619. The van der Waals surface area contributed by atoms with Crippen LogP contribution in [-0.4, -0.2) is 54.2 Å². The van der Waals surface area contributed by atoms with E-state index >= 15 is 0 Å². The van der Waals surface area contributed by atoms with Crippen molar-refractivity contribution in [2.24, 2.45) is 17.1 Å². The van der Waals surface area contributed by atoms with Gasteiger partial charge in [-0.1, -0.05) is 0 Å². The summed E-state index contributed by atoms with van der Waals surface area (Å²) < 4.78 is 13.9. The first-order valence-electron chi connectivity index (χ1n) is 10.0. The quantitative estimate of drug-likeness (QED) is 0.773. The molecule has 0 bridgehead atoms. The van der Waals surface area contributed by atoms with Crippen LogP contribution in [0.5, 0.6) is 0 Å². The van der Waals surface area contributed by atoms with Gasteiger partial charge in [0.1, 0.15) is 12.1 Å². The van der Waals surface area contributed by atoms with Gasteiger partial charge in [-0.05, 0) is 44.4 Å². The summed E-state index contributed by atoms with van der Waals surface area (Å²) >= 11 is 0. The number of hydrogen-bond donors (Lipinski definition) is 2. The second-order valence-electron chi connectivity index (χ2n) is 9.39. The van der Waals surface area contributed by atoms with Crippen LogP contribution in [0.3, 0.4) is 0 Å². The molecule has 4 aliphatic rings. The van der Waals surface area contributed by atoms with Crippen LogP contribution in [0.4, 0.5) is 15.8 Å². The molecule has 0 amide bonds. The number of anilines is 2. The van der Waals surface area contributed by atoms with Crippen LogP contribution in [-0.2, 0) is 4.79 Å². The molecule has 1 spiro atoms. The molecule has 3 fully saturated rings. The molecule has 0 aromatic heterocycles. The molecule has 2 aliphatic carbocycles. The van der Waals surface area contributed by atoms with Gasteiger partial charge >= 0.3 is 5.97 Å². The minimum atomic E-state index is -1.15. The van der Waals surface area contributed by atoms with Crippen LogP contribution in [0.15, 0.2) is 12.1 Å². The van der Waals surface area contributed by atoms with Crippen molar-refractivity contribution >= 4 is 23.1 Å². The van der Waals surface area contributed by atoms with E-state index < -0.39 is 18.1 Å². The molecular weight excluding hydrogens is 361 g/mol. The van der Waals surface area contributed by atoms with Crippen molar-refractivity contribution < 1.29 is 19.1 Å². The molecule has 1 saturated heterocycles. The van der Waals surface area contributed by atoms with Crippen LogP contribution < -0.4 is 15.5 Å². The minimum Gasteiger partial charge on any atom is -0.481 e. The first-order chi connectivity index (χ1) is 13.2. The van der Waals surface area contributed by atoms with Crippen molar-refractivity contribution in [3.63, 3.8) is 0 Å². The van der Waals surface area contributed by atoms with Gasteiger partial charge in [0.25, 0.3) is 0 Å². The third kappa shape index (κ3) is 2.35. The molecule has 150 valence electrons. The second-order valence-corrected chi connectivity index (χ2v) is 9.39. The van der Waals surface area contributed by atoms with Gasteiger partial charge in [0.15, 0.2) is 5.78 Å². The highest BCUT2D eigenvalue weighted by molar-refractivity contribution is 6.14. The van der Waals surface area contributed by atoms with Gasteiger partial charge in [0.05, 0.1) is 11.7 Å². The number of nitrogens with two attached hydrogens (primary N) is 1. The summed E-state index contributed by atoms with van der Waals surface area (Å²) in [6.07, 6.45) is 1.69. The van der Waals surface area contributed by atoms with Gasteiger partial charge in [-0.25, -0.2) is 4.39 Å². The second kappa shape index (κ2) is 5.47. The average molecular weight is 387 g/mol. The predicted molar refractivity (Wildman–Crippen MR) is 104 cm³/mol. The summed E-state index contributed by atoms with van der Waals surface area (Å²) in [6, 6.07) is 3.30. The third-order valence-electron chi connectivity index (χ3n) is 7.45. The Kier molecular flexibility index (Phi) is 3.50. The predicted octanol–water partition coefficient (Wildman–Crippen LogP) is 2.13. The highest BCUT2D eigenvalue weighted by atomic mass is 19.1. The van der Waals surface area contributed by atoms with E-state index in [1.165, 1.54) is 0 Å².